The monoisotopic (exact) mass is 322 g/mol. The van der Waals surface area contributed by atoms with E-state index < -0.39 is 24.5 Å². The van der Waals surface area contributed by atoms with Gasteiger partial charge < -0.3 is 10.3 Å². The van der Waals surface area contributed by atoms with E-state index in [0.717, 1.165) is 0 Å². The van der Waals surface area contributed by atoms with Gasteiger partial charge in [-0.15, -0.1) is 0 Å². The zero-order valence-corrected chi connectivity index (χ0v) is 10.3. The first-order valence-corrected chi connectivity index (χ1v) is 5.34. The number of carbonyl (C=O) groups excluding carboxylic acids is 1. The van der Waals surface area contributed by atoms with E-state index >= 15 is 0 Å². The Morgan fingerprint density at radius 2 is 1.89 bits per heavy atom. The lowest BCUT2D eigenvalue weighted by atomic mass is 10.1. The highest BCUT2D eigenvalue weighted by molar-refractivity contribution is 9.10. The fraction of sp³-hybridized carbons (Fsp3) is 0.200. The van der Waals surface area contributed by atoms with E-state index in [4.69, 9.17) is 5.53 Å². The van der Waals surface area contributed by atoms with Gasteiger partial charge >= 0.3 is 17.9 Å². The van der Waals surface area contributed by atoms with Gasteiger partial charge in [0.25, 0.3) is 0 Å². The van der Waals surface area contributed by atoms with Gasteiger partial charge in [-0.3, -0.25) is 0 Å². The first kappa shape index (κ1) is 14.4. The van der Waals surface area contributed by atoms with Crippen molar-refractivity contribution in [3.05, 3.63) is 39.8 Å². The zero-order valence-electron chi connectivity index (χ0n) is 8.74. The van der Waals surface area contributed by atoms with Crippen LogP contribution in [0.2, 0.25) is 0 Å². The number of hydrogen-bond donors (Lipinski definition) is 0. The first-order valence-electron chi connectivity index (χ1n) is 4.55. The lowest BCUT2D eigenvalue weighted by molar-refractivity contribution is -0.183. The summed E-state index contributed by atoms with van der Waals surface area (Å²) in [5.74, 6) is -1.35. The van der Waals surface area contributed by atoms with Crippen LogP contribution in [0.3, 0.4) is 0 Å². The first-order chi connectivity index (χ1) is 8.33. The molecule has 8 heteroatoms. The molecule has 0 aliphatic heterocycles. The maximum absolute atomic E-state index is 11.9. The minimum Gasteiger partial charge on any atom is -0.447 e. The second-order valence-electron chi connectivity index (χ2n) is 3.15. The van der Waals surface area contributed by atoms with E-state index in [-0.39, 0.29) is 5.56 Å². The highest BCUT2D eigenvalue weighted by atomic mass is 79.9. The Morgan fingerprint density at radius 1 is 1.33 bits per heavy atom. The predicted octanol–water partition coefficient (Wildman–Crippen LogP) is 2.57. The molecule has 0 atom stereocenters. The normalized spacial score (nSPS) is 10.7. The molecule has 1 aromatic carbocycles. The van der Waals surface area contributed by atoms with Crippen molar-refractivity contribution < 1.29 is 27.5 Å². The zero-order chi connectivity index (χ0) is 13.8. The van der Waals surface area contributed by atoms with Crippen LogP contribution in [0.15, 0.2) is 28.7 Å². The number of benzene rings is 1. The van der Waals surface area contributed by atoms with E-state index in [1.807, 2.05) is 0 Å². The molecule has 96 valence electrons. The summed E-state index contributed by atoms with van der Waals surface area (Å²) < 4.78 is 40.2. The van der Waals surface area contributed by atoms with Gasteiger partial charge in [0.15, 0.2) is 6.61 Å². The molecule has 0 saturated heterocycles. The quantitative estimate of drug-likeness (QED) is 0.371. The number of esters is 1. The van der Waals surface area contributed by atoms with Crippen LogP contribution in [-0.4, -0.2) is 29.3 Å². The number of rotatable bonds is 3. The van der Waals surface area contributed by atoms with E-state index in [0.29, 0.717) is 4.47 Å². The van der Waals surface area contributed by atoms with Crippen molar-refractivity contribution >= 4 is 27.6 Å². The molecule has 0 unspecified atom stereocenters. The standard InChI is InChI=1S/C10H6BrF3N2O2/c11-7-3-1-6(2-4-7)8(16-15)9(17)18-5-10(12,13)14/h1-4H,5H2. The molecule has 0 aromatic heterocycles. The Morgan fingerprint density at radius 3 is 2.33 bits per heavy atom. The average molecular weight is 323 g/mol. The third kappa shape index (κ3) is 4.31. The van der Waals surface area contributed by atoms with E-state index in [1.165, 1.54) is 24.3 Å². The van der Waals surface area contributed by atoms with Gasteiger partial charge in [-0.2, -0.15) is 18.0 Å². The van der Waals surface area contributed by atoms with Crippen molar-refractivity contribution in [2.24, 2.45) is 0 Å². The Balaban J connectivity index is 2.82. The van der Waals surface area contributed by atoms with E-state index in [1.54, 1.807) is 0 Å². The van der Waals surface area contributed by atoms with Crippen LogP contribution < -0.4 is 0 Å². The molecule has 0 saturated carbocycles. The number of nitrogens with zero attached hydrogens (tertiary/aromatic N) is 2. The molecule has 0 aliphatic carbocycles. The molecule has 0 aliphatic rings. The molecule has 0 spiro atoms. The summed E-state index contributed by atoms with van der Waals surface area (Å²) in [6, 6.07) is 5.87. The molecule has 0 heterocycles. The number of halogens is 4. The molecule has 1 aromatic rings. The van der Waals surface area contributed by atoms with Crippen LogP contribution in [0.4, 0.5) is 13.2 Å². The molecule has 1 rings (SSSR count). The summed E-state index contributed by atoms with van der Waals surface area (Å²) in [5, 5.41) is 0. The Labute approximate surface area is 108 Å². The number of hydrogen-bond acceptors (Lipinski definition) is 2. The molecule has 0 fully saturated rings. The number of ether oxygens (including phenoxy) is 1. The topological polar surface area (TPSA) is 62.7 Å². The summed E-state index contributed by atoms with van der Waals surface area (Å²) >= 11 is 3.14. The summed E-state index contributed by atoms with van der Waals surface area (Å²) in [5.41, 5.74) is 8.20. The van der Waals surface area contributed by atoms with Gasteiger partial charge in [0.2, 0.25) is 0 Å². The summed E-state index contributed by atoms with van der Waals surface area (Å²) in [4.78, 5) is 13.9. The molecule has 0 amide bonds. The highest BCUT2D eigenvalue weighted by Crippen LogP contribution is 2.15. The minimum atomic E-state index is -4.63. The van der Waals surface area contributed by atoms with E-state index in [2.05, 4.69) is 25.5 Å². The van der Waals surface area contributed by atoms with Crippen LogP contribution in [-0.2, 0) is 9.53 Å². The number of alkyl halides is 3. The Kier molecular flexibility index (Phi) is 4.63. The smallest absolute Gasteiger partial charge is 0.422 e. The van der Waals surface area contributed by atoms with Crippen LogP contribution in [0.1, 0.15) is 5.56 Å². The highest BCUT2D eigenvalue weighted by Gasteiger charge is 2.33. The summed E-state index contributed by atoms with van der Waals surface area (Å²) in [6.45, 7) is -1.73. The maximum atomic E-state index is 11.9. The largest absolute Gasteiger partial charge is 0.447 e. The van der Waals surface area contributed by atoms with Gasteiger partial charge in [0.05, 0.1) is 5.56 Å². The second kappa shape index (κ2) is 5.79. The van der Waals surface area contributed by atoms with Crippen molar-refractivity contribution in [1.82, 2.24) is 0 Å². The molecule has 0 radical (unpaired) electrons. The van der Waals surface area contributed by atoms with Crippen LogP contribution in [0.25, 0.3) is 5.53 Å². The molecule has 4 nitrogen and oxygen atoms in total. The lowest BCUT2D eigenvalue weighted by Crippen LogP contribution is -2.26. The van der Waals surface area contributed by atoms with Gasteiger partial charge in [0.1, 0.15) is 0 Å². The second-order valence-corrected chi connectivity index (χ2v) is 4.06. The molecule has 0 bridgehead atoms. The van der Waals surface area contributed by atoms with Crippen LogP contribution in [0.5, 0.6) is 0 Å². The fourth-order valence-corrected chi connectivity index (χ4v) is 1.30. The van der Waals surface area contributed by atoms with Crippen molar-refractivity contribution in [3.8, 4) is 0 Å². The van der Waals surface area contributed by atoms with E-state index in [9.17, 15) is 18.0 Å². The van der Waals surface area contributed by atoms with Gasteiger partial charge in [0, 0.05) is 4.47 Å². The third-order valence-corrected chi connectivity index (χ3v) is 2.31. The van der Waals surface area contributed by atoms with Crippen molar-refractivity contribution in [3.63, 3.8) is 0 Å². The maximum Gasteiger partial charge on any atom is 0.422 e. The molecular weight excluding hydrogens is 317 g/mol. The predicted molar refractivity (Wildman–Crippen MR) is 58.9 cm³/mol. The minimum absolute atomic E-state index is 0.146. The average Bonchev–Trinajstić information content (AvgIpc) is 2.29. The SMILES string of the molecule is [N-]=[N+]=C(C(=O)OCC(F)(F)F)c1ccc(Br)cc1. The summed E-state index contributed by atoms with van der Waals surface area (Å²) in [6.07, 6.45) is -4.63. The Hall–Kier alpha value is -1.66. The van der Waals surface area contributed by atoms with Gasteiger partial charge in [-0.25, -0.2) is 4.79 Å². The van der Waals surface area contributed by atoms with Crippen molar-refractivity contribution in [2.75, 3.05) is 6.61 Å². The van der Waals surface area contributed by atoms with Crippen LogP contribution in [0, 0.1) is 0 Å². The Bertz CT molecular complexity index is 493. The van der Waals surface area contributed by atoms with Gasteiger partial charge in [-0.05, 0) is 24.3 Å². The number of carbonyl (C=O) groups is 1. The lowest BCUT2D eigenvalue weighted by Gasteiger charge is -2.05. The fourth-order valence-electron chi connectivity index (χ4n) is 1.04. The van der Waals surface area contributed by atoms with Crippen molar-refractivity contribution in [2.45, 2.75) is 6.18 Å². The van der Waals surface area contributed by atoms with Gasteiger partial charge in [-0.1, -0.05) is 15.9 Å². The molecule has 18 heavy (non-hydrogen) atoms. The third-order valence-electron chi connectivity index (χ3n) is 1.78. The van der Waals surface area contributed by atoms with Crippen LogP contribution >= 0.6 is 15.9 Å². The van der Waals surface area contributed by atoms with Crippen molar-refractivity contribution in [1.29, 1.82) is 0 Å². The summed E-state index contributed by atoms with van der Waals surface area (Å²) in [7, 11) is 0. The molecule has 0 N–H and O–H groups in total. The molecular formula is C10H6BrF3N2O2.